The molecule has 1 aliphatic heterocycles. The fraction of sp³-hybridized carbons (Fsp3) is 0.115. The SMILES string of the molecule is O=C(/C=C/c1ccc(COc2ccc3cc(Br)ccc3c2)o1)c1ccc2c(c1)OCCO2. The van der Waals surface area contributed by atoms with E-state index in [1.54, 1.807) is 24.3 Å². The first kappa shape index (κ1) is 20.4. The van der Waals surface area contributed by atoms with Crippen LogP contribution in [0.2, 0.25) is 0 Å². The zero-order chi connectivity index (χ0) is 21.9. The molecule has 0 unspecified atom stereocenters. The molecule has 0 fully saturated rings. The average Bonchev–Trinajstić information content (AvgIpc) is 3.28. The summed E-state index contributed by atoms with van der Waals surface area (Å²) in [5.41, 5.74) is 0.531. The number of allylic oxidation sites excluding steroid dienone is 1. The molecule has 0 bridgehead atoms. The van der Waals surface area contributed by atoms with E-state index in [0.29, 0.717) is 48.4 Å². The summed E-state index contributed by atoms with van der Waals surface area (Å²) in [6.45, 7) is 1.30. The molecule has 0 atom stereocenters. The van der Waals surface area contributed by atoms with E-state index in [1.165, 1.54) is 6.08 Å². The van der Waals surface area contributed by atoms with Crippen molar-refractivity contribution in [2.45, 2.75) is 6.61 Å². The molecule has 0 amide bonds. The first-order chi connectivity index (χ1) is 15.6. The third-order valence-corrected chi connectivity index (χ3v) is 5.56. The minimum absolute atomic E-state index is 0.140. The van der Waals surface area contributed by atoms with E-state index in [9.17, 15) is 4.79 Å². The number of fused-ring (bicyclic) bond motifs is 2. The van der Waals surface area contributed by atoms with Crippen LogP contribution in [0.25, 0.3) is 16.8 Å². The minimum Gasteiger partial charge on any atom is -0.486 e. The Labute approximate surface area is 193 Å². The Morgan fingerprint density at radius 3 is 2.62 bits per heavy atom. The van der Waals surface area contributed by atoms with Crippen molar-refractivity contribution < 1.29 is 23.4 Å². The summed E-state index contributed by atoms with van der Waals surface area (Å²) in [5, 5.41) is 2.24. The molecule has 160 valence electrons. The topological polar surface area (TPSA) is 57.9 Å². The number of ketones is 1. The Hall–Kier alpha value is -3.51. The number of carbonyl (C=O) groups excluding carboxylic acids is 1. The maximum absolute atomic E-state index is 12.5. The van der Waals surface area contributed by atoms with Gasteiger partial charge in [0.05, 0.1) is 0 Å². The molecule has 1 aliphatic rings. The summed E-state index contributed by atoms with van der Waals surface area (Å²) in [7, 11) is 0. The molecule has 1 aromatic heterocycles. The van der Waals surface area contributed by atoms with Crippen molar-refractivity contribution in [2.75, 3.05) is 13.2 Å². The third-order valence-electron chi connectivity index (χ3n) is 5.06. The Bertz CT molecular complexity index is 1320. The van der Waals surface area contributed by atoms with Gasteiger partial charge in [0, 0.05) is 10.0 Å². The lowest BCUT2D eigenvalue weighted by atomic mass is 10.1. The molecule has 0 spiro atoms. The highest BCUT2D eigenvalue weighted by Crippen LogP contribution is 2.31. The first-order valence-corrected chi connectivity index (χ1v) is 11.0. The van der Waals surface area contributed by atoms with Crippen molar-refractivity contribution in [3.8, 4) is 17.2 Å². The second-order valence-electron chi connectivity index (χ2n) is 7.30. The summed E-state index contributed by atoms with van der Waals surface area (Å²) >= 11 is 3.48. The second kappa shape index (κ2) is 8.93. The van der Waals surface area contributed by atoms with Crippen molar-refractivity contribution in [3.63, 3.8) is 0 Å². The van der Waals surface area contributed by atoms with Gasteiger partial charge in [0.1, 0.15) is 37.1 Å². The van der Waals surface area contributed by atoms with E-state index >= 15 is 0 Å². The molecule has 0 radical (unpaired) electrons. The molecule has 6 heteroatoms. The highest BCUT2D eigenvalue weighted by molar-refractivity contribution is 9.10. The highest BCUT2D eigenvalue weighted by atomic mass is 79.9. The first-order valence-electron chi connectivity index (χ1n) is 10.2. The van der Waals surface area contributed by atoms with Gasteiger partial charge < -0.3 is 18.6 Å². The smallest absolute Gasteiger partial charge is 0.186 e. The van der Waals surface area contributed by atoms with Crippen LogP contribution in [0.5, 0.6) is 17.2 Å². The normalized spacial score (nSPS) is 12.9. The van der Waals surface area contributed by atoms with Gasteiger partial charge in [-0.05, 0) is 77.5 Å². The van der Waals surface area contributed by atoms with E-state index in [4.69, 9.17) is 18.6 Å². The van der Waals surface area contributed by atoms with Gasteiger partial charge >= 0.3 is 0 Å². The van der Waals surface area contributed by atoms with Crippen LogP contribution in [0.15, 0.2) is 81.7 Å². The van der Waals surface area contributed by atoms with E-state index in [1.807, 2.05) is 42.5 Å². The lowest BCUT2D eigenvalue weighted by Gasteiger charge is -2.18. The van der Waals surface area contributed by atoms with E-state index < -0.39 is 0 Å². The van der Waals surface area contributed by atoms with Gasteiger partial charge in [0.2, 0.25) is 0 Å². The summed E-state index contributed by atoms with van der Waals surface area (Å²) < 4.78 is 23.7. The minimum atomic E-state index is -0.140. The molecule has 5 rings (SSSR count). The molecule has 3 aromatic carbocycles. The molecule has 32 heavy (non-hydrogen) atoms. The highest BCUT2D eigenvalue weighted by Gasteiger charge is 2.14. The molecular weight excluding hydrogens is 472 g/mol. The number of rotatable bonds is 6. The second-order valence-corrected chi connectivity index (χ2v) is 8.22. The molecule has 0 aliphatic carbocycles. The van der Waals surface area contributed by atoms with Crippen LogP contribution >= 0.6 is 15.9 Å². The lowest BCUT2D eigenvalue weighted by molar-refractivity contribution is 0.104. The Balaban J connectivity index is 1.21. The predicted octanol–water partition coefficient (Wildman–Crippen LogP) is 6.44. The maximum atomic E-state index is 12.5. The van der Waals surface area contributed by atoms with E-state index in [0.717, 1.165) is 21.0 Å². The van der Waals surface area contributed by atoms with E-state index in [-0.39, 0.29) is 5.78 Å². The average molecular weight is 491 g/mol. The van der Waals surface area contributed by atoms with Gasteiger partial charge in [-0.2, -0.15) is 0 Å². The van der Waals surface area contributed by atoms with Crippen LogP contribution in [0.1, 0.15) is 21.9 Å². The number of carbonyl (C=O) groups is 1. The summed E-state index contributed by atoms with van der Waals surface area (Å²) in [6, 6.07) is 20.9. The van der Waals surface area contributed by atoms with Crippen molar-refractivity contribution >= 4 is 38.6 Å². The number of ether oxygens (including phenoxy) is 3. The van der Waals surface area contributed by atoms with Crippen molar-refractivity contribution in [3.05, 3.63) is 94.4 Å². The largest absolute Gasteiger partial charge is 0.486 e. The lowest BCUT2D eigenvalue weighted by Crippen LogP contribution is -2.15. The Morgan fingerprint density at radius 2 is 1.72 bits per heavy atom. The zero-order valence-corrected chi connectivity index (χ0v) is 18.6. The van der Waals surface area contributed by atoms with Crippen LogP contribution in [0.4, 0.5) is 0 Å². The standard InChI is InChI=1S/C26H19BrO5/c27-20-4-1-18-14-22(5-2-17(18)13-20)31-16-23-7-6-21(32-23)8-9-24(28)19-3-10-25-26(15-19)30-12-11-29-25/h1-10,13-15H,11-12,16H2/b9-8+. The number of hydrogen-bond donors (Lipinski definition) is 0. The number of hydrogen-bond acceptors (Lipinski definition) is 5. The molecule has 4 aromatic rings. The predicted molar refractivity (Wildman–Crippen MR) is 125 cm³/mol. The monoisotopic (exact) mass is 490 g/mol. The summed E-state index contributed by atoms with van der Waals surface area (Å²) in [6.07, 6.45) is 3.13. The summed E-state index contributed by atoms with van der Waals surface area (Å²) in [5.74, 6) is 3.13. The van der Waals surface area contributed by atoms with Gasteiger partial charge in [0.15, 0.2) is 17.3 Å². The van der Waals surface area contributed by atoms with Gasteiger partial charge in [-0.3, -0.25) is 4.79 Å². The van der Waals surface area contributed by atoms with Gasteiger partial charge in [-0.15, -0.1) is 0 Å². The van der Waals surface area contributed by atoms with E-state index in [2.05, 4.69) is 22.0 Å². The third kappa shape index (κ3) is 4.55. The quantitative estimate of drug-likeness (QED) is 0.230. The van der Waals surface area contributed by atoms with Crippen LogP contribution in [0, 0.1) is 0 Å². The van der Waals surface area contributed by atoms with Crippen LogP contribution in [-0.2, 0) is 6.61 Å². The summed E-state index contributed by atoms with van der Waals surface area (Å²) in [4.78, 5) is 12.5. The molecule has 0 saturated carbocycles. The fourth-order valence-electron chi connectivity index (χ4n) is 3.45. The van der Waals surface area contributed by atoms with Crippen molar-refractivity contribution in [1.82, 2.24) is 0 Å². The van der Waals surface area contributed by atoms with Crippen molar-refractivity contribution in [2.24, 2.45) is 0 Å². The Kier molecular flexibility index (Phi) is 5.69. The van der Waals surface area contributed by atoms with Crippen molar-refractivity contribution in [1.29, 1.82) is 0 Å². The van der Waals surface area contributed by atoms with Gasteiger partial charge in [0.25, 0.3) is 0 Å². The molecular formula is C26H19BrO5. The van der Waals surface area contributed by atoms with Crippen LogP contribution in [-0.4, -0.2) is 19.0 Å². The van der Waals surface area contributed by atoms with Gasteiger partial charge in [-0.1, -0.05) is 28.1 Å². The Morgan fingerprint density at radius 1 is 0.906 bits per heavy atom. The molecule has 0 saturated heterocycles. The fourth-order valence-corrected chi connectivity index (χ4v) is 3.83. The van der Waals surface area contributed by atoms with Crippen LogP contribution in [0.3, 0.4) is 0 Å². The number of benzene rings is 3. The number of furan rings is 1. The molecule has 0 N–H and O–H groups in total. The van der Waals surface area contributed by atoms with Gasteiger partial charge in [-0.25, -0.2) is 0 Å². The molecule has 2 heterocycles. The zero-order valence-electron chi connectivity index (χ0n) is 17.0. The molecule has 5 nitrogen and oxygen atoms in total. The van der Waals surface area contributed by atoms with Crippen LogP contribution < -0.4 is 14.2 Å². The number of halogens is 1. The maximum Gasteiger partial charge on any atom is 0.186 e.